The Labute approximate surface area is 286 Å². The number of phenols is 3. The minimum absolute atomic E-state index is 0.111. The molecule has 2 fully saturated rings. The number of carboxylic acid groups (broad SMARTS) is 1. The third-order valence-corrected chi connectivity index (χ3v) is 8.26. The summed E-state index contributed by atoms with van der Waals surface area (Å²) in [6.45, 7) is -1.32. The van der Waals surface area contributed by atoms with E-state index >= 15 is 0 Å². The highest BCUT2D eigenvalue weighted by Gasteiger charge is 2.54. The quantitative estimate of drug-likeness (QED) is 0.0939. The first-order valence-electron chi connectivity index (χ1n) is 15.3. The maximum absolute atomic E-state index is 13.9. The van der Waals surface area contributed by atoms with E-state index in [1.165, 1.54) is 24.3 Å². The van der Waals surface area contributed by atoms with Gasteiger partial charge in [-0.15, -0.1) is 0 Å². The highest BCUT2D eigenvalue weighted by Crippen LogP contribution is 2.38. The average Bonchev–Trinajstić information content (AvgIpc) is 3.33. The van der Waals surface area contributed by atoms with Gasteiger partial charge < -0.3 is 79.2 Å². The van der Waals surface area contributed by atoms with Crippen LogP contribution in [0.25, 0.3) is 22.3 Å². The fraction of sp³-hybridized carbons (Fsp3) is 0.469. The topological polar surface area (TPSA) is 313 Å². The van der Waals surface area contributed by atoms with Gasteiger partial charge in [-0.2, -0.15) is 0 Å². The lowest BCUT2D eigenvalue weighted by atomic mass is 9.97. The smallest absolute Gasteiger partial charge is 0.308 e. The minimum Gasteiger partial charge on any atom is -0.508 e. The van der Waals surface area contributed by atoms with Crippen LogP contribution in [0.4, 0.5) is 0 Å². The first-order valence-corrected chi connectivity index (χ1v) is 15.3. The number of rotatable bonds is 12. The van der Waals surface area contributed by atoms with Crippen molar-refractivity contribution in [3.05, 3.63) is 46.6 Å². The van der Waals surface area contributed by atoms with E-state index in [1.54, 1.807) is 0 Å². The Hall–Kier alpha value is -4.57. The van der Waals surface area contributed by atoms with Crippen molar-refractivity contribution < 1.29 is 88.8 Å². The van der Waals surface area contributed by atoms with Crippen LogP contribution in [-0.2, 0) is 28.5 Å². The number of ether oxygens (including phenoxy) is 5. The summed E-state index contributed by atoms with van der Waals surface area (Å²) in [7, 11) is 0. The molecule has 2 aliphatic heterocycles. The van der Waals surface area contributed by atoms with E-state index in [9.17, 15) is 60.3 Å². The lowest BCUT2D eigenvalue weighted by molar-refractivity contribution is -0.319. The summed E-state index contributed by atoms with van der Waals surface area (Å²) in [5.74, 6) is -4.90. The van der Waals surface area contributed by atoms with Crippen molar-refractivity contribution in [2.24, 2.45) is 0 Å². The van der Waals surface area contributed by atoms with Gasteiger partial charge in [0.05, 0.1) is 31.7 Å². The Morgan fingerprint density at radius 3 is 2.31 bits per heavy atom. The standard InChI is InChI=1S/C32H36O19/c1-31(44,8-19(37)38)9-20(39)46-10-18-22(40)24(42)27(51-30-28(43)32(45,11-33)12-47-30)29(49-18)50-26-23(41)21-16(36)6-15(35)7-17(21)48-25(26)13-2-4-14(34)5-3-13/h2-7,18,22,24,27-30,33-36,40,42-45H,8-12H2,1H3,(H,37,38)/t18-,22+,24-,27+,28-,29-,30+,31+,32+/m0/s1. The van der Waals surface area contributed by atoms with Gasteiger partial charge >= 0.3 is 11.9 Å². The lowest BCUT2D eigenvalue weighted by Gasteiger charge is -2.42. The first-order chi connectivity index (χ1) is 23.9. The van der Waals surface area contributed by atoms with Crippen molar-refractivity contribution in [2.45, 2.75) is 74.1 Å². The summed E-state index contributed by atoms with van der Waals surface area (Å²) in [6, 6.07) is 7.02. The molecule has 19 nitrogen and oxygen atoms in total. The summed E-state index contributed by atoms with van der Waals surface area (Å²) in [5.41, 5.74) is -5.42. The van der Waals surface area contributed by atoms with E-state index in [2.05, 4.69) is 0 Å². The molecule has 0 bridgehead atoms. The zero-order valence-corrected chi connectivity index (χ0v) is 26.7. The molecule has 2 aliphatic rings. The second-order valence-electron chi connectivity index (χ2n) is 12.5. The van der Waals surface area contributed by atoms with Crippen LogP contribution >= 0.6 is 0 Å². The number of fused-ring (bicyclic) bond motifs is 1. The number of carbonyl (C=O) groups excluding carboxylic acids is 1. The molecule has 0 aliphatic carbocycles. The zero-order chi connectivity index (χ0) is 37.4. The minimum atomic E-state index is -2.19. The van der Waals surface area contributed by atoms with Crippen molar-refractivity contribution >= 4 is 22.9 Å². The third-order valence-electron chi connectivity index (χ3n) is 8.26. The molecule has 9 atom stereocenters. The molecule has 278 valence electrons. The van der Waals surface area contributed by atoms with Crippen molar-refractivity contribution in [3.8, 4) is 34.3 Å². The number of aliphatic hydroxyl groups excluding tert-OH is 4. The Kier molecular flexibility index (Phi) is 10.8. The number of carboxylic acids is 1. The van der Waals surface area contributed by atoms with E-state index in [4.69, 9.17) is 33.2 Å². The predicted octanol–water partition coefficient (Wildman–Crippen LogP) is -1.61. The van der Waals surface area contributed by atoms with Crippen molar-refractivity contribution in [2.75, 3.05) is 19.8 Å². The second-order valence-corrected chi connectivity index (χ2v) is 12.5. The van der Waals surface area contributed by atoms with E-state index in [0.717, 1.165) is 19.1 Å². The Morgan fingerprint density at radius 1 is 1.00 bits per heavy atom. The maximum Gasteiger partial charge on any atom is 0.308 e. The fourth-order valence-electron chi connectivity index (χ4n) is 5.57. The maximum atomic E-state index is 13.9. The molecule has 0 spiro atoms. The van der Waals surface area contributed by atoms with Gasteiger partial charge in [0.1, 0.15) is 64.8 Å². The number of benzene rings is 2. The van der Waals surface area contributed by atoms with Crippen LogP contribution in [0.1, 0.15) is 19.8 Å². The predicted molar refractivity (Wildman–Crippen MR) is 165 cm³/mol. The van der Waals surface area contributed by atoms with Gasteiger partial charge in [-0.1, -0.05) is 0 Å². The summed E-state index contributed by atoms with van der Waals surface area (Å²) >= 11 is 0. The van der Waals surface area contributed by atoms with Gasteiger partial charge in [0.15, 0.2) is 18.2 Å². The largest absolute Gasteiger partial charge is 0.508 e. The number of phenolic OH excluding ortho intramolecular Hbond substituents is 3. The van der Waals surface area contributed by atoms with Gasteiger partial charge in [-0.25, -0.2) is 0 Å². The van der Waals surface area contributed by atoms with Crippen LogP contribution in [0, 0.1) is 0 Å². The first kappa shape index (κ1) is 37.7. The molecule has 0 radical (unpaired) electrons. The normalized spacial score (nSPS) is 29.0. The average molecular weight is 725 g/mol. The van der Waals surface area contributed by atoms with Crippen LogP contribution in [0.15, 0.2) is 45.6 Å². The molecule has 51 heavy (non-hydrogen) atoms. The number of hydrogen-bond donors (Lipinski definition) is 10. The number of carbonyl (C=O) groups is 2. The van der Waals surface area contributed by atoms with E-state index in [-0.39, 0.29) is 22.7 Å². The van der Waals surface area contributed by atoms with Crippen LogP contribution in [0.5, 0.6) is 23.0 Å². The monoisotopic (exact) mass is 724 g/mol. The highest BCUT2D eigenvalue weighted by atomic mass is 16.8. The molecule has 3 aromatic rings. The molecule has 2 aromatic carbocycles. The molecule has 10 N–H and O–H groups in total. The summed E-state index contributed by atoms with van der Waals surface area (Å²) in [4.78, 5) is 37.4. The number of aliphatic carboxylic acids is 1. The van der Waals surface area contributed by atoms with Gasteiger partial charge in [-0.05, 0) is 31.2 Å². The van der Waals surface area contributed by atoms with E-state index in [1.807, 2.05) is 0 Å². The lowest BCUT2D eigenvalue weighted by Crippen LogP contribution is -2.62. The molecule has 19 heteroatoms. The van der Waals surface area contributed by atoms with E-state index < -0.39 is 127 Å². The van der Waals surface area contributed by atoms with Crippen LogP contribution in [0.3, 0.4) is 0 Å². The molecule has 2 saturated heterocycles. The van der Waals surface area contributed by atoms with Crippen molar-refractivity contribution in [1.82, 2.24) is 0 Å². The molecule has 3 heterocycles. The fourth-order valence-corrected chi connectivity index (χ4v) is 5.57. The molecule has 5 rings (SSSR count). The van der Waals surface area contributed by atoms with Crippen LogP contribution in [0.2, 0.25) is 0 Å². The second kappa shape index (κ2) is 14.6. The van der Waals surface area contributed by atoms with Crippen LogP contribution < -0.4 is 10.2 Å². The number of hydrogen-bond acceptors (Lipinski definition) is 18. The van der Waals surface area contributed by atoms with Gasteiger partial charge in [-0.3, -0.25) is 14.4 Å². The number of esters is 1. The zero-order valence-electron chi connectivity index (χ0n) is 26.7. The van der Waals surface area contributed by atoms with Crippen molar-refractivity contribution in [3.63, 3.8) is 0 Å². The molecular formula is C32H36O19. The third kappa shape index (κ3) is 8.01. The summed E-state index contributed by atoms with van der Waals surface area (Å²) in [5, 5.41) is 102. The SMILES string of the molecule is C[C@@](O)(CC(=O)O)CC(=O)OC[C@@H]1O[C@@H](Oc2c(-c3ccc(O)cc3)oc3cc(O)cc(O)c3c2=O)[C@H](O[C@H]2OC[C@](O)(CO)[C@H]2O)[C@@H](O)[C@@H]1O. The summed E-state index contributed by atoms with van der Waals surface area (Å²) in [6.07, 6.45) is -14.8. The molecule has 1 aromatic heterocycles. The van der Waals surface area contributed by atoms with Crippen LogP contribution in [-0.4, -0.2) is 137 Å². The van der Waals surface area contributed by atoms with E-state index in [0.29, 0.717) is 0 Å². The van der Waals surface area contributed by atoms with Gasteiger partial charge in [0, 0.05) is 17.7 Å². The number of aromatic hydroxyl groups is 3. The van der Waals surface area contributed by atoms with Gasteiger partial charge in [0.25, 0.3) is 0 Å². The molecular weight excluding hydrogens is 688 g/mol. The number of aliphatic hydroxyl groups is 6. The highest BCUT2D eigenvalue weighted by molar-refractivity contribution is 5.88. The van der Waals surface area contributed by atoms with Gasteiger partial charge in [0.2, 0.25) is 17.5 Å². The molecule has 0 unspecified atom stereocenters. The summed E-state index contributed by atoms with van der Waals surface area (Å²) < 4.78 is 33.7. The molecule has 0 amide bonds. The van der Waals surface area contributed by atoms with Crippen molar-refractivity contribution in [1.29, 1.82) is 0 Å². The Balaban J connectivity index is 1.53. The molecule has 0 saturated carbocycles. The Bertz CT molecular complexity index is 1800. The Morgan fingerprint density at radius 2 is 1.69 bits per heavy atom.